The van der Waals surface area contributed by atoms with Crippen LogP contribution in [-0.2, 0) is 4.79 Å². The number of hydrogen-bond donors (Lipinski definition) is 1. The Morgan fingerprint density at radius 2 is 2.00 bits per heavy atom. The molecule has 1 N–H and O–H groups in total. The number of rotatable bonds is 5. The summed E-state index contributed by atoms with van der Waals surface area (Å²) in [4.78, 5) is 24.5. The van der Waals surface area contributed by atoms with Crippen molar-refractivity contribution in [1.82, 2.24) is 4.90 Å². The molecule has 1 heterocycles. The molecule has 0 saturated heterocycles. The van der Waals surface area contributed by atoms with Crippen molar-refractivity contribution in [2.24, 2.45) is 5.92 Å². The summed E-state index contributed by atoms with van der Waals surface area (Å²) in [6.45, 7) is 5.58. The van der Waals surface area contributed by atoms with Gasteiger partial charge in [-0.3, -0.25) is 4.79 Å². The normalized spacial score (nSPS) is 12.5. The number of aliphatic carboxylic acids is 1. The SMILES string of the molecule is Cc1ccc(C(=O)N(C)C(CC(C)C)C(=O)O)o1. The Hall–Kier alpha value is -1.78. The molecule has 1 aromatic rings. The van der Waals surface area contributed by atoms with E-state index < -0.39 is 17.9 Å². The highest BCUT2D eigenvalue weighted by atomic mass is 16.4. The molecule has 0 aliphatic heterocycles. The summed E-state index contributed by atoms with van der Waals surface area (Å²) in [6.07, 6.45) is 0.414. The third-order valence-corrected chi connectivity index (χ3v) is 2.72. The number of hydrogen-bond acceptors (Lipinski definition) is 3. The fourth-order valence-electron chi connectivity index (χ4n) is 1.74. The average Bonchev–Trinajstić information content (AvgIpc) is 2.70. The van der Waals surface area contributed by atoms with Crippen LogP contribution in [0.1, 0.15) is 36.6 Å². The zero-order valence-electron chi connectivity index (χ0n) is 11.1. The molecule has 1 unspecified atom stereocenters. The minimum absolute atomic E-state index is 0.171. The van der Waals surface area contributed by atoms with Crippen LogP contribution in [0.15, 0.2) is 16.5 Å². The van der Waals surface area contributed by atoms with E-state index in [1.165, 1.54) is 11.9 Å². The van der Waals surface area contributed by atoms with Gasteiger partial charge in [-0.2, -0.15) is 0 Å². The second-order valence-corrected chi connectivity index (χ2v) is 4.81. The van der Waals surface area contributed by atoms with Gasteiger partial charge < -0.3 is 14.4 Å². The summed E-state index contributed by atoms with van der Waals surface area (Å²) in [6, 6.07) is 2.41. The Balaban J connectivity index is 2.86. The Bertz CT molecular complexity index is 436. The summed E-state index contributed by atoms with van der Waals surface area (Å²) in [7, 11) is 1.49. The second-order valence-electron chi connectivity index (χ2n) is 4.81. The van der Waals surface area contributed by atoms with Crippen LogP contribution in [0.2, 0.25) is 0 Å². The van der Waals surface area contributed by atoms with Gasteiger partial charge in [-0.25, -0.2) is 4.79 Å². The number of carbonyl (C=O) groups is 2. The van der Waals surface area contributed by atoms with Gasteiger partial charge in [0, 0.05) is 7.05 Å². The van der Waals surface area contributed by atoms with Crippen molar-refractivity contribution in [2.75, 3.05) is 7.05 Å². The fraction of sp³-hybridized carbons (Fsp3) is 0.538. The van der Waals surface area contributed by atoms with E-state index in [1.54, 1.807) is 19.1 Å². The van der Waals surface area contributed by atoms with Gasteiger partial charge in [0.15, 0.2) is 5.76 Å². The van der Waals surface area contributed by atoms with Gasteiger partial charge in [0.25, 0.3) is 5.91 Å². The van der Waals surface area contributed by atoms with Crippen LogP contribution < -0.4 is 0 Å². The zero-order chi connectivity index (χ0) is 13.9. The highest BCUT2D eigenvalue weighted by molar-refractivity contribution is 5.94. The molecule has 18 heavy (non-hydrogen) atoms. The molecule has 0 bridgehead atoms. The molecule has 0 aliphatic rings. The predicted octanol–water partition coefficient (Wildman–Crippen LogP) is 2.16. The number of amides is 1. The van der Waals surface area contributed by atoms with Crippen molar-refractivity contribution in [3.05, 3.63) is 23.7 Å². The Morgan fingerprint density at radius 1 is 1.39 bits per heavy atom. The first kappa shape index (κ1) is 14.3. The van der Waals surface area contributed by atoms with Crippen molar-refractivity contribution in [3.63, 3.8) is 0 Å². The monoisotopic (exact) mass is 253 g/mol. The molecule has 0 fully saturated rings. The van der Waals surface area contributed by atoms with Crippen molar-refractivity contribution in [2.45, 2.75) is 33.2 Å². The molecule has 0 radical (unpaired) electrons. The lowest BCUT2D eigenvalue weighted by Gasteiger charge is -2.25. The molecule has 0 saturated carbocycles. The molecule has 1 aromatic heterocycles. The van der Waals surface area contributed by atoms with Gasteiger partial charge in [-0.05, 0) is 31.4 Å². The van der Waals surface area contributed by atoms with Gasteiger partial charge in [-0.15, -0.1) is 0 Å². The van der Waals surface area contributed by atoms with Crippen LogP contribution in [0.4, 0.5) is 0 Å². The summed E-state index contributed by atoms with van der Waals surface area (Å²) in [5.74, 6) is -0.411. The third-order valence-electron chi connectivity index (χ3n) is 2.72. The van der Waals surface area contributed by atoms with Crippen LogP contribution in [-0.4, -0.2) is 35.0 Å². The maximum Gasteiger partial charge on any atom is 0.326 e. The molecule has 5 heteroatoms. The van der Waals surface area contributed by atoms with E-state index in [4.69, 9.17) is 9.52 Å². The number of carboxylic acids is 1. The molecular weight excluding hydrogens is 234 g/mol. The van der Waals surface area contributed by atoms with Crippen molar-refractivity contribution >= 4 is 11.9 Å². The first-order chi connectivity index (χ1) is 8.32. The van der Waals surface area contributed by atoms with Crippen LogP contribution in [0, 0.1) is 12.8 Å². The van der Waals surface area contributed by atoms with Gasteiger partial charge >= 0.3 is 5.97 Å². The number of carboxylic acid groups (broad SMARTS) is 1. The standard InChI is InChI=1S/C13H19NO4/c1-8(2)7-10(13(16)17)14(4)12(15)11-6-5-9(3)18-11/h5-6,8,10H,7H2,1-4H3,(H,16,17). The highest BCUT2D eigenvalue weighted by Gasteiger charge is 2.29. The van der Waals surface area contributed by atoms with Crippen molar-refractivity contribution in [3.8, 4) is 0 Å². The van der Waals surface area contributed by atoms with Crippen molar-refractivity contribution < 1.29 is 19.1 Å². The zero-order valence-corrected chi connectivity index (χ0v) is 11.1. The molecular formula is C13H19NO4. The first-order valence-electron chi connectivity index (χ1n) is 5.89. The summed E-state index contributed by atoms with van der Waals surface area (Å²) >= 11 is 0. The van der Waals surface area contributed by atoms with E-state index >= 15 is 0 Å². The Labute approximate surface area is 106 Å². The van der Waals surface area contributed by atoms with Gasteiger partial charge in [0.05, 0.1) is 0 Å². The molecule has 0 aromatic carbocycles. The summed E-state index contributed by atoms with van der Waals surface area (Å²) < 4.78 is 5.22. The lowest BCUT2D eigenvalue weighted by atomic mass is 10.0. The molecule has 100 valence electrons. The molecule has 1 atom stereocenters. The third kappa shape index (κ3) is 3.35. The highest BCUT2D eigenvalue weighted by Crippen LogP contribution is 2.15. The van der Waals surface area contributed by atoms with Crippen molar-refractivity contribution in [1.29, 1.82) is 0 Å². The molecule has 1 amide bonds. The number of likely N-dealkylation sites (N-methyl/N-ethyl adjacent to an activating group) is 1. The number of carbonyl (C=O) groups excluding carboxylic acids is 1. The smallest absolute Gasteiger partial charge is 0.326 e. The van der Waals surface area contributed by atoms with E-state index in [0.717, 1.165) is 0 Å². The molecule has 0 aliphatic carbocycles. The minimum atomic E-state index is -0.997. The topological polar surface area (TPSA) is 70.8 Å². The van der Waals surface area contributed by atoms with Gasteiger partial charge in [0.2, 0.25) is 0 Å². The first-order valence-corrected chi connectivity index (χ1v) is 5.89. The lowest BCUT2D eigenvalue weighted by molar-refractivity contribution is -0.142. The van der Waals surface area contributed by atoms with Gasteiger partial charge in [-0.1, -0.05) is 13.8 Å². The number of aryl methyl sites for hydroxylation is 1. The van der Waals surface area contributed by atoms with E-state index in [9.17, 15) is 9.59 Å². The molecule has 5 nitrogen and oxygen atoms in total. The largest absolute Gasteiger partial charge is 0.480 e. The Kier molecular flexibility index (Phi) is 4.53. The van der Waals surface area contributed by atoms with E-state index in [2.05, 4.69) is 0 Å². The average molecular weight is 253 g/mol. The predicted molar refractivity (Wildman–Crippen MR) is 66.4 cm³/mol. The summed E-state index contributed by atoms with van der Waals surface area (Å²) in [5.41, 5.74) is 0. The fourth-order valence-corrected chi connectivity index (χ4v) is 1.74. The minimum Gasteiger partial charge on any atom is -0.480 e. The van der Waals surface area contributed by atoms with E-state index in [-0.39, 0.29) is 11.7 Å². The second kappa shape index (κ2) is 5.71. The van der Waals surface area contributed by atoms with E-state index in [1.807, 2.05) is 13.8 Å². The number of furan rings is 1. The molecule has 0 spiro atoms. The number of nitrogens with zero attached hydrogens (tertiary/aromatic N) is 1. The lowest BCUT2D eigenvalue weighted by Crippen LogP contribution is -2.43. The summed E-state index contributed by atoms with van der Waals surface area (Å²) in [5, 5.41) is 9.17. The van der Waals surface area contributed by atoms with Crippen LogP contribution in [0.3, 0.4) is 0 Å². The maximum atomic E-state index is 12.1. The maximum absolute atomic E-state index is 12.1. The van der Waals surface area contributed by atoms with Gasteiger partial charge in [0.1, 0.15) is 11.8 Å². The molecule has 1 rings (SSSR count). The Morgan fingerprint density at radius 3 is 2.39 bits per heavy atom. The van der Waals surface area contributed by atoms with Crippen LogP contribution >= 0.6 is 0 Å². The van der Waals surface area contributed by atoms with Crippen LogP contribution in [0.5, 0.6) is 0 Å². The quantitative estimate of drug-likeness (QED) is 0.872. The van der Waals surface area contributed by atoms with Crippen LogP contribution in [0.25, 0.3) is 0 Å². The van der Waals surface area contributed by atoms with E-state index in [0.29, 0.717) is 12.2 Å².